The Hall–Kier alpha value is -1.35. The Morgan fingerprint density at radius 2 is 2.00 bits per heavy atom. The van der Waals surface area contributed by atoms with Gasteiger partial charge in [-0.05, 0) is 61.5 Å². The van der Waals surface area contributed by atoms with E-state index >= 15 is 0 Å². The molecule has 0 aliphatic heterocycles. The lowest BCUT2D eigenvalue weighted by Gasteiger charge is -2.18. The number of hydrogen-bond acceptors (Lipinski definition) is 2. The summed E-state index contributed by atoms with van der Waals surface area (Å²) in [5.74, 6) is 1.56. The van der Waals surface area contributed by atoms with Crippen LogP contribution in [0.2, 0.25) is 0 Å². The van der Waals surface area contributed by atoms with Crippen LogP contribution in [0.4, 0.5) is 0 Å². The van der Waals surface area contributed by atoms with Gasteiger partial charge in [-0.15, -0.1) is 0 Å². The first-order chi connectivity index (χ1) is 10.1. The van der Waals surface area contributed by atoms with Gasteiger partial charge in [0.25, 0.3) is 5.91 Å². The fourth-order valence-electron chi connectivity index (χ4n) is 2.96. The average Bonchev–Trinajstić information content (AvgIpc) is 3.20. The molecule has 116 valence electrons. The second kappa shape index (κ2) is 7.08. The molecule has 0 aromatic heterocycles. The van der Waals surface area contributed by atoms with Gasteiger partial charge in [0.05, 0.1) is 0 Å². The maximum absolute atomic E-state index is 12.2. The van der Waals surface area contributed by atoms with Crippen molar-refractivity contribution in [1.82, 2.24) is 10.2 Å². The van der Waals surface area contributed by atoms with Crippen LogP contribution < -0.4 is 5.32 Å². The quantitative estimate of drug-likeness (QED) is 0.835. The van der Waals surface area contributed by atoms with E-state index in [-0.39, 0.29) is 5.91 Å². The first-order valence-electron chi connectivity index (χ1n) is 8.17. The molecule has 3 heteroatoms. The van der Waals surface area contributed by atoms with Crippen LogP contribution in [0.15, 0.2) is 18.2 Å². The van der Waals surface area contributed by atoms with Gasteiger partial charge in [0.15, 0.2) is 0 Å². The standard InChI is InChI=1S/C18H28N2O/c1-5-20(6-2)10-9-19-18(21)15-7-8-16(13(3)11-15)17-12-14(17)4/h7-8,11,14,17H,5-6,9-10,12H2,1-4H3,(H,19,21)/t14?,17-/m1/s1. The predicted molar refractivity (Wildman–Crippen MR) is 87.8 cm³/mol. The molecule has 1 aliphatic carbocycles. The summed E-state index contributed by atoms with van der Waals surface area (Å²) in [6, 6.07) is 6.15. The lowest BCUT2D eigenvalue weighted by atomic mass is 10.0. The van der Waals surface area contributed by atoms with Gasteiger partial charge in [-0.2, -0.15) is 0 Å². The molecule has 2 atom stereocenters. The Morgan fingerprint density at radius 3 is 2.52 bits per heavy atom. The van der Waals surface area contributed by atoms with Crippen molar-refractivity contribution in [3.05, 3.63) is 34.9 Å². The Morgan fingerprint density at radius 1 is 1.33 bits per heavy atom. The zero-order valence-corrected chi connectivity index (χ0v) is 13.8. The van der Waals surface area contributed by atoms with E-state index in [9.17, 15) is 4.79 Å². The molecule has 0 heterocycles. The van der Waals surface area contributed by atoms with Crippen LogP contribution >= 0.6 is 0 Å². The molecular formula is C18H28N2O. The number of carbonyl (C=O) groups is 1. The summed E-state index contributed by atoms with van der Waals surface area (Å²) in [6.45, 7) is 12.4. The normalized spacial score (nSPS) is 20.6. The minimum Gasteiger partial charge on any atom is -0.351 e. The van der Waals surface area contributed by atoms with Gasteiger partial charge >= 0.3 is 0 Å². The predicted octanol–water partition coefficient (Wildman–Crippen LogP) is 3.19. The van der Waals surface area contributed by atoms with Crippen molar-refractivity contribution in [2.45, 2.75) is 40.0 Å². The molecule has 1 unspecified atom stereocenters. The summed E-state index contributed by atoms with van der Waals surface area (Å²) < 4.78 is 0. The van der Waals surface area contributed by atoms with Gasteiger partial charge < -0.3 is 10.2 Å². The zero-order valence-electron chi connectivity index (χ0n) is 13.8. The highest BCUT2D eigenvalue weighted by atomic mass is 16.1. The number of benzene rings is 1. The first kappa shape index (κ1) is 16.0. The number of nitrogens with zero attached hydrogens (tertiary/aromatic N) is 1. The molecule has 0 radical (unpaired) electrons. The third-order valence-electron chi connectivity index (χ3n) is 4.65. The first-order valence-corrected chi connectivity index (χ1v) is 8.17. The van der Waals surface area contributed by atoms with Gasteiger partial charge in [0.2, 0.25) is 0 Å². The second-order valence-electron chi connectivity index (χ2n) is 6.17. The van der Waals surface area contributed by atoms with E-state index in [1.807, 2.05) is 12.1 Å². The fourth-order valence-corrected chi connectivity index (χ4v) is 2.96. The van der Waals surface area contributed by atoms with Crippen LogP contribution in [0, 0.1) is 12.8 Å². The van der Waals surface area contributed by atoms with Crippen molar-refractivity contribution in [3.63, 3.8) is 0 Å². The van der Waals surface area contributed by atoms with Gasteiger partial charge in [0, 0.05) is 18.7 Å². The second-order valence-corrected chi connectivity index (χ2v) is 6.17. The minimum atomic E-state index is 0.0423. The summed E-state index contributed by atoms with van der Waals surface area (Å²) in [5.41, 5.74) is 3.45. The highest BCUT2D eigenvalue weighted by molar-refractivity contribution is 5.94. The van der Waals surface area contributed by atoms with Crippen molar-refractivity contribution >= 4 is 5.91 Å². The van der Waals surface area contributed by atoms with Crippen LogP contribution in [0.3, 0.4) is 0 Å². The SMILES string of the molecule is CCN(CC)CCNC(=O)c1ccc([C@@H]2CC2C)c(C)c1. The molecule has 1 aromatic rings. The van der Waals surface area contributed by atoms with E-state index < -0.39 is 0 Å². The molecule has 1 fully saturated rings. The highest BCUT2D eigenvalue weighted by Gasteiger charge is 2.34. The molecule has 1 amide bonds. The largest absolute Gasteiger partial charge is 0.351 e. The molecule has 3 nitrogen and oxygen atoms in total. The number of likely N-dealkylation sites (N-methyl/N-ethyl adjacent to an activating group) is 1. The summed E-state index contributed by atoms with van der Waals surface area (Å²) in [5, 5.41) is 3.02. The van der Waals surface area contributed by atoms with Crippen LogP contribution in [0.5, 0.6) is 0 Å². The van der Waals surface area contributed by atoms with Crippen molar-refractivity contribution in [2.24, 2.45) is 5.92 Å². The lowest BCUT2D eigenvalue weighted by molar-refractivity contribution is 0.0949. The maximum atomic E-state index is 12.2. The van der Waals surface area contributed by atoms with E-state index in [1.165, 1.54) is 17.5 Å². The van der Waals surface area contributed by atoms with Gasteiger partial charge in [-0.1, -0.05) is 26.8 Å². The third-order valence-corrected chi connectivity index (χ3v) is 4.65. The molecule has 1 aromatic carbocycles. The Labute approximate surface area is 128 Å². The molecule has 2 rings (SSSR count). The zero-order chi connectivity index (χ0) is 15.4. The molecule has 21 heavy (non-hydrogen) atoms. The van der Waals surface area contributed by atoms with Gasteiger partial charge in [-0.25, -0.2) is 0 Å². The summed E-state index contributed by atoms with van der Waals surface area (Å²) in [4.78, 5) is 14.5. The lowest BCUT2D eigenvalue weighted by Crippen LogP contribution is -2.34. The molecule has 0 spiro atoms. The van der Waals surface area contributed by atoms with Crippen molar-refractivity contribution < 1.29 is 4.79 Å². The smallest absolute Gasteiger partial charge is 0.251 e. The molecule has 0 saturated heterocycles. The number of rotatable bonds is 7. The minimum absolute atomic E-state index is 0.0423. The van der Waals surface area contributed by atoms with E-state index in [0.29, 0.717) is 12.5 Å². The van der Waals surface area contributed by atoms with Gasteiger partial charge in [-0.3, -0.25) is 4.79 Å². The molecular weight excluding hydrogens is 260 g/mol. The van der Waals surface area contributed by atoms with Gasteiger partial charge in [0.1, 0.15) is 0 Å². The topological polar surface area (TPSA) is 32.3 Å². The van der Waals surface area contributed by atoms with Crippen LogP contribution in [-0.4, -0.2) is 37.0 Å². The van der Waals surface area contributed by atoms with E-state index in [0.717, 1.165) is 31.1 Å². The third kappa shape index (κ3) is 4.07. The fraction of sp³-hybridized carbons (Fsp3) is 0.611. The number of aryl methyl sites for hydroxylation is 1. The monoisotopic (exact) mass is 288 g/mol. The number of hydrogen-bond donors (Lipinski definition) is 1. The average molecular weight is 288 g/mol. The van der Waals surface area contributed by atoms with E-state index in [4.69, 9.17) is 0 Å². The highest BCUT2D eigenvalue weighted by Crippen LogP contribution is 2.47. The molecule has 1 N–H and O–H groups in total. The Bertz CT molecular complexity index is 494. The van der Waals surface area contributed by atoms with Crippen LogP contribution in [0.25, 0.3) is 0 Å². The Kier molecular flexibility index (Phi) is 5.40. The summed E-state index contributed by atoms with van der Waals surface area (Å²) >= 11 is 0. The van der Waals surface area contributed by atoms with Crippen molar-refractivity contribution in [3.8, 4) is 0 Å². The van der Waals surface area contributed by atoms with Crippen LogP contribution in [0.1, 0.15) is 54.6 Å². The van der Waals surface area contributed by atoms with E-state index in [1.54, 1.807) is 0 Å². The van der Waals surface area contributed by atoms with E-state index in [2.05, 4.69) is 44.0 Å². The molecule has 1 saturated carbocycles. The Balaban J connectivity index is 1.89. The summed E-state index contributed by atoms with van der Waals surface area (Å²) in [6.07, 6.45) is 1.29. The molecule has 0 bridgehead atoms. The van der Waals surface area contributed by atoms with Crippen molar-refractivity contribution in [2.75, 3.05) is 26.2 Å². The maximum Gasteiger partial charge on any atom is 0.251 e. The van der Waals surface area contributed by atoms with Crippen molar-refractivity contribution in [1.29, 1.82) is 0 Å². The number of carbonyl (C=O) groups excluding carboxylic acids is 1. The number of nitrogens with one attached hydrogen (secondary N) is 1. The number of amides is 1. The summed E-state index contributed by atoms with van der Waals surface area (Å²) in [7, 11) is 0. The van der Waals surface area contributed by atoms with Crippen LogP contribution in [-0.2, 0) is 0 Å². The molecule has 1 aliphatic rings.